The van der Waals surface area contributed by atoms with Gasteiger partial charge in [0.1, 0.15) is 11.0 Å². The number of aromatic amines is 2. The lowest BCUT2D eigenvalue weighted by atomic mass is 9.88. The van der Waals surface area contributed by atoms with Crippen molar-refractivity contribution in [3.8, 4) is 0 Å². The zero-order valence-corrected chi connectivity index (χ0v) is 38.5. The molecule has 53 heavy (non-hydrogen) atoms. The summed E-state index contributed by atoms with van der Waals surface area (Å²) in [5.74, 6) is 0. The van der Waals surface area contributed by atoms with Crippen molar-refractivity contribution in [3.05, 3.63) is 78.0 Å². The van der Waals surface area contributed by atoms with E-state index in [1.54, 1.807) is 22.7 Å². The summed E-state index contributed by atoms with van der Waals surface area (Å²) in [5.41, 5.74) is 6.34. The van der Waals surface area contributed by atoms with E-state index in [-0.39, 0.29) is 16.5 Å². The summed E-state index contributed by atoms with van der Waals surface area (Å²) in [6, 6.07) is 12.3. The van der Waals surface area contributed by atoms with Crippen LogP contribution in [0.3, 0.4) is 0 Å². The smallest absolute Gasteiger partial charge is 0.257 e. The van der Waals surface area contributed by atoms with Gasteiger partial charge < -0.3 is 9.97 Å². The third-order valence-corrected chi connectivity index (χ3v) is 11.3. The minimum absolute atomic E-state index is 0.0221. The van der Waals surface area contributed by atoms with Crippen molar-refractivity contribution in [3.63, 3.8) is 0 Å². The van der Waals surface area contributed by atoms with E-state index < -0.39 is 0 Å². The van der Waals surface area contributed by atoms with Gasteiger partial charge in [0.2, 0.25) is 0 Å². The van der Waals surface area contributed by atoms with Crippen LogP contribution in [-0.4, -0.2) is 18.7 Å². The molecule has 0 saturated carbocycles. The number of hydrogen-bond acceptors (Lipinski definition) is 7. The van der Waals surface area contributed by atoms with Crippen LogP contribution in [0.15, 0.2) is 46.0 Å². The molecular weight excluding hydrogens is 713 g/mol. The van der Waals surface area contributed by atoms with Gasteiger partial charge in [-0.25, -0.2) is 0 Å². The molecule has 0 spiro atoms. The predicted octanol–water partition coefficient (Wildman–Crippen LogP) is 14.8. The van der Waals surface area contributed by atoms with Crippen LogP contribution in [0, 0.1) is 6.92 Å². The molecule has 294 valence electrons. The number of rotatable bonds is 4. The highest BCUT2D eigenvalue weighted by Gasteiger charge is 2.23. The van der Waals surface area contributed by atoms with Gasteiger partial charge >= 0.3 is 0 Å². The number of pyridine rings is 2. The monoisotopic (exact) mass is 780 g/mol. The zero-order valence-electron chi connectivity index (χ0n) is 36.0. The van der Waals surface area contributed by atoms with Gasteiger partial charge in [0, 0.05) is 29.9 Å². The molecule has 9 heteroatoms. The van der Waals surface area contributed by atoms with E-state index in [4.69, 9.17) is 0 Å². The second-order valence-corrected chi connectivity index (χ2v) is 13.9. The molecular formula is C44H68N4O2S3. The van der Waals surface area contributed by atoms with Crippen molar-refractivity contribution in [2.24, 2.45) is 0 Å². The summed E-state index contributed by atoms with van der Waals surface area (Å²) in [6.07, 6.45) is 3.07. The zero-order chi connectivity index (χ0) is 41.1. The van der Waals surface area contributed by atoms with Gasteiger partial charge in [0.25, 0.3) is 11.1 Å². The van der Waals surface area contributed by atoms with Crippen molar-refractivity contribution in [2.45, 2.75) is 149 Å². The Kier molecular flexibility index (Phi) is 23.2. The highest BCUT2D eigenvalue weighted by atomic mass is 32.1. The fraction of sp³-hybridized carbons (Fsp3) is 0.500. The van der Waals surface area contributed by atoms with Gasteiger partial charge in [-0.2, -0.15) is 8.75 Å². The first-order valence-electron chi connectivity index (χ1n) is 19.9. The summed E-state index contributed by atoms with van der Waals surface area (Å²) in [7, 11) is 0. The molecule has 0 fully saturated rings. The van der Waals surface area contributed by atoms with Crippen molar-refractivity contribution < 1.29 is 0 Å². The van der Waals surface area contributed by atoms with Crippen LogP contribution in [0.1, 0.15) is 145 Å². The number of nitrogens with zero attached hydrogens (tertiary/aromatic N) is 2. The summed E-state index contributed by atoms with van der Waals surface area (Å²) >= 11 is 4.61. The van der Waals surface area contributed by atoms with E-state index in [0.717, 1.165) is 71.8 Å². The Morgan fingerprint density at radius 3 is 1.38 bits per heavy atom. The van der Waals surface area contributed by atoms with Crippen molar-refractivity contribution in [2.75, 3.05) is 0 Å². The molecule has 0 unspecified atom stereocenters. The number of H-pyrrole nitrogens is 2. The van der Waals surface area contributed by atoms with Crippen LogP contribution in [0.2, 0.25) is 0 Å². The Labute approximate surface area is 331 Å². The number of fused-ring (bicyclic) bond motifs is 7. The highest BCUT2D eigenvalue weighted by Crippen LogP contribution is 2.39. The van der Waals surface area contributed by atoms with Crippen LogP contribution in [0.4, 0.5) is 0 Å². The molecule has 7 aromatic rings. The SMILES string of the molecule is CC.CC.CC.CC.CC.CC.CCC(C)(C)c1cc2c(=O)[nH]c3cc4c(cc3c2s1)[nH]c(=O)c1cc(C)sc14.CCc1ccc(CC)c2nsnc12. The fourth-order valence-corrected chi connectivity index (χ4v) is 8.26. The summed E-state index contributed by atoms with van der Waals surface area (Å²) in [4.78, 5) is 33.7. The molecule has 5 heterocycles. The van der Waals surface area contributed by atoms with Crippen molar-refractivity contribution in [1.29, 1.82) is 0 Å². The second kappa shape index (κ2) is 24.8. The van der Waals surface area contributed by atoms with Crippen molar-refractivity contribution in [1.82, 2.24) is 18.7 Å². The van der Waals surface area contributed by atoms with Crippen LogP contribution < -0.4 is 11.1 Å². The fourth-order valence-electron chi connectivity index (χ4n) is 5.25. The minimum atomic E-state index is -0.0640. The maximum absolute atomic E-state index is 12.8. The molecule has 0 aliphatic heterocycles. The lowest BCUT2D eigenvalue weighted by Gasteiger charge is -2.20. The standard InChI is InChI=1S/C22H20N2O2S2.C10H12N2S.6C2H6/c1-5-22(3,4)17-9-14-19(28-17)12-8-15-11(7-16(12)24-21(14)26)18-13(20(25)23-15)6-10(2)27-18;1-3-7-5-6-8(4-2)10-9(7)11-13-12-10;6*1-2/h6-9H,5H2,1-4H3,(H,23,25)(H,24,26);5-6H,3-4H2,1-2H3;6*1-2H3. The number of benzene rings is 2. The van der Waals surface area contributed by atoms with Gasteiger partial charge in [-0.3, -0.25) is 9.59 Å². The second-order valence-electron chi connectivity index (χ2n) is 11.1. The molecule has 6 nitrogen and oxygen atoms in total. The maximum Gasteiger partial charge on any atom is 0.257 e. The van der Waals surface area contributed by atoms with E-state index >= 15 is 0 Å². The molecule has 0 amide bonds. The summed E-state index contributed by atoms with van der Waals surface area (Å²) < 4.78 is 10.6. The first kappa shape index (κ1) is 49.6. The van der Waals surface area contributed by atoms with Crippen molar-refractivity contribution >= 4 is 87.4 Å². The number of aryl methyl sites for hydroxylation is 3. The van der Waals surface area contributed by atoms with Crippen LogP contribution in [0.25, 0.3) is 53.0 Å². The normalized spacial score (nSPS) is 10.1. The average molecular weight is 781 g/mol. The van der Waals surface area contributed by atoms with Crippen LogP contribution >= 0.6 is 34.4 Å². The number of thiophene rings is 2. The van der Waals surface area contributed by atoms with E-state index in [9.17, 15) is 9.59 Å². The Bertz CT molecular complexity index is 2180. The number of aromatic nitrogens is 4. The van der Waals surface area contributed by atoms with Gasteiger partial charge in [-0.15, -0.1) is 22.7 Å². The number of nitrogens with one attached hydrogen (secondary N) is 2. The van der Waals surface area contributed by atoms with Gasteiger partial charge in [-0.05, 0) is 67.0 Å². The quantitative estimate of drug-likeness (QED) is 0.174. The van der Waals surface area contributed by atoms with E-state index in [1.165, 1.54) is 27.7 Å². The van der Waals surface area contributed by atoms with E-state index in [1.807, 2.05) is 114 Å². The molecule has 5 aromatic heterocycles. The maximum atomic E-state index is 12.8. The van der Waals surface area contributed by atoms with Crippen LogP contribution in [0.5, 0.6) is 0 Å². The van der Waals surface area contributed by atoms with Crippen LogP contribution in [-0.2, 0) is 18.3 Å². The summed E-state index contributed by atoms with van der Waals surface area (Å²) in [5, 5.41) is 3.39. The van der Waals surface area contributed by atoms with Gasteiger partial charge in [0.05, 0.1) is 33.5 Å². The molecule has 2 N–H and O–H groups in total. The van der Waals surface area contributed by atoms with Gasteiger partial charge in [-0.1, -0.05) is 130 Å². The third-order valence-electron chi connectivity index (χ3n) is 8.12. The Morgan fingerprint density at radius 1 is 0.585 bits per heavy atom. The Balaban J connectivity index is 0.000000909. The highest BCUT2D eigenvalue weighted by molar-refractivity contribution is 7.20. The topological polar surface area (TPSA) is 91.5 Å². The Hall–Kier alpha value is -3.40. The molecule has 2 aromatic carbocycles. The minimum Gasteiger partial charge on any atom is -0.321 e. The lowest BCUT2D eigenvalue weighted by molar-refractivity contribution is 0.517. The van der Waals surface area contributed by atoms with Gasteiger partial charge in [0.15, 0.2) is 0 Å². The number of hydrogen-bond donors (Lipinski definition) is 2. The summed E-state index contributed by atoms with van der Waals surface area (Å²) in [6.45, 7) is 36.9. The first-order chi connectivity index (χ1) is 25.6. The van der Waals surface area contributed by atoms with E-state index in [2.05, 4.69) is 65.5 Å². The molecule has 7 rings (SSSR count). The largest absolute Gasteiger partial charge is 0.321 e. The Morgan fingerprint density at radius 2 is 0.981 bits per heavy atom. The first-order valence-corrected chi connectivity index (χ1v) is 22.3. The third kappa shape index (κ3) is 11.3. The molecule has 0 aliphatic rings. The molecule has 0 aliphatic carbocycles. The average Bonchev–Trinajstić information content (AvgIpc) is 3.99. The molecule has 0 bridgehead atoms. The lowest BCUT2D eigenvalue weighted by Crippen LogP contribution is -2.13. The molecule has 0 atom stereocenters. The molecule has 0 radical (unpaired) electrons. The molecule has 0 saturated heterocycles. The predicted molar refractivity (Wildman–Crippen MR) is 246 cm³/mol. The van der Waals surface area contributed by atoms with E-state index in [0.29, 0.717) is 5.39 Å².